The molecule has 23 heavy (non-hydrogen) atoms. The smallest absolute Gasteiger partial charge is 0.322 e. The third kappa shape index (κ3) is 3.10. The first-order valence-corrected chi connectivity index (χ1v) is 7.67. The van der Waals surface area contributed by atoms with Crippen LogP contribution in [0.15, 0.2) is 24.3 Å². The number of ether oxygens (including phenoxy) is 1. The Morgan fingerprint density at radius 3 is 2.57 bits per heavy atom. The number of halogens is 1. The van der Waals surface area contributed by atoms with E-state index in [0.717, 1.165) is 0 Å². The van der Waals surface area contributed by atoms with Gasteiger partial charge in [-0.1, -0.05) is 23.7 Å². The fourth-order valence-corrected chi connectivity index (χ4v) is 3.00. The lowest BCUT2D eigenvalue weighted by atomic mass is 9.88. The number of para-hydroxylation sites is 1. The number of nitrogens with zero attached hydrogens (tertiary/aromatic N) is 1. The number of nitrogens with one attached hydrogen (secondary N) is 2. The van der Waals surface area contributed by atoms with E-state index in [2.05, 4.69) is 10.6 Å². The summed E-state index contributed by atoms with van der Waals surface area (Å²) in [5.41, 5.74) is -0.878. The summed E-state index contributed by atoms with van der Waals surface area (Å²) in [7, 11) is 0. The number of rotatable bonds is 3. The second-order valence-corrected chi connectivity index (χ2v) is 6.00. The highest BCUT2D eigenvalue weighted by atomic mass is 35.5. The summed E-state index contributed by atoms with van der Waals surface area (Å²) in [5.74, 6) is -0.0372. The number of carbonyl (C=O) groups excluding carboxylic acids is 3. The number of piperidine rings is 1. The second-order valence-electron chi connectivity index (χ2n) is 5.59. The summed E-state index contributed by atoms with van der Waals surface area (Å²) in [4.78, 5) is 37.0. The van der Waals surface area contributed by atoms with Gasteiger partial charge in [0.25, 0.3) is 11.8 Å². The molecule has 0 atom stereocenters. The molecule has 1 spiro atoms. The Labute approximate surface area is 137 Å². The zero-order valence-electron chi connectivity index (χ0n) is 12.3. The van der Waals surface area contributed by atoms with Gasteiger partial charge in [-0.2, -0.15) is 0 Å². The Kier molecular flexibility index (Phi) is 4.12. The topological polar surface area (TPSA) is 87.7 Å². The molecule has 2 aliphatic rings. The van der Waals surface area contributed by atoms with Crippen molar-refractivity contribution in [2.75, 3.05) is 19.7 Å². The van der Waals surface area contributed by atoms with Gasteiger partial charge in [0.1, 0.15) is 11.3 Å². The molecule has 0 saturated carbocycles. The zero-order valence-corrected chi connectivity index (χ0v) is 13.1. The molecule has 2 N–H and O–H groups in total. The van der Waals surface area contributed by atoms with Gasteiger partial charge in [0, 0.05) is 13.1 Å². The third-order valence-corrected chi connectivity index (χ3v) is 4.48. The molecule has 8 heteroatoms. The number of carbonyl (C=O) groups is 3. The van der Waals surface area contributed by atoms with Gasteiger partial charge in [0.2, 0.25) is 0 Å². The maximum Gasteiger partial charge on any atom is 0.322 e. The molecule has 4 amide bonds. The van der Waals surface area contributed by atoms with Gasteiger partial charge in [-0.25, -0.2) is 4.79 Å². The predicted octanol–water partition coefficient (Wildman–Crippen LogP) is 0.919. The zero-order chi connectivity index (χ0) is 16.4. The van der Waals surface area contributed by atoms with E-state index in [4.69, 9.17) is 16.3 Å². The quantitative estimate of drug-likeness (QED) is 0.803. The number of hydrogen-bond donors (Lipinski definition) is 2. The number of urea groups is 1. The number of benzene rings is 1. The molecule has 2 aliphatic heterocycles. The summed E-state index contributed by atoms with van der Waals surface area (Å²) in [6, 6.07) is 6.46. The Bertz CT molecular complexity index is 656. The van der Waals surface area contributed by atoms with Crippen LogP contribution in [-0.4, -0.2) is 48.0 Å². The Morgan fingerprint density at radius 1 is 1.26 bits per heavy atom. The van der Waals surface area contributed by atoms with Crippen molar-refractivity contribution >= 4 is 29.4 Å². The molecule has 2 heterocycles. The van der Waals surface area contributed by atoms with Crippen molar-refractivity contribution in [3.05, 3.63) is 29.3 Å². The first-order valence-electron chi connectivity index (χ1n) is 7.29. The maximum absolute atomic E-state index is 12.2. The van der Waals surface area contributed by atoms with E-state index in [1.807, 2.05) is 0 Å². The van der Waals surface area contributed by atoms with Crippen molar-refractivity contribution in [3.8, 4) is 5.75 Å². The van der Waals surface area contributed by atoms with Gasteiger partial charge in [0.05, 0.1) is 5.02 Å². The minimum atomic E-state index is -0.878. The lowest BCUT2D eigenvalue weighted by Gasteiger charge is -2.36. The van der Waals surface area contributed by atoms with E-state index >= 15 is 0 Å². The van der Waals surface area contributed by atoms with E-state index in [-0.39, 0.29) is 18.4 Å². The number of hydrogen-bond acceptors (Lipinski definition) is 4. The minimum absolute atomic E-state index is 0.116. The van der Waals surface area contributed by atoms with Crippen LogP contribution >= 0.6 is 11.6 Å². The van der Waals surface area contributed by atoms with Gasteiger partial charge in [-0.3, -0.25) is 14.9 Å². The Morgan fingerprint density at radius 2 is 1.96 bits per heavy atom. The average molecular weight is 338 g/mol. The highest BCUT2D eigenvalue weighted by Gasteiger charge is 2.48. The molecule has 0 aliphatic carbocycles. The van der Waals surface area contributed by atoms with Crippen molar-refractivity contribution in [1.29, 1.82) is 0 Å². The molecular weight excluding hydrogens is 322 g/mol. The molecule has 0 unspecified atom stereocenters. The van der Waals surface area contributed by atoms with Crippen molar-refractivity contribution < 1.29 is 19.1 Å². The molecule has 0 bridgehead atoms. The Hall–Kier alpha value is -2.28. The number of likely N-dealkylation sites (tertiary alicyclic amines) is 1. The highest BCUT2D eigenvalue weighted by molar-refractivity contribution is 6.32. The summed E-state index contributed by atoms with van der Waals surface area (Å²) < 4.78 is 5.43. The van der Waals surface area contributed by atoms with E-state index in [0.29, 0.717) is 36.7 Å². The van der Waals surface area contributed by atoms with E-state index in [1.165, 1.54) is 0 Å². The maximum atomic E-state index is 12.2. The molecule has 2 saturated heterocycles. The standard InChI is InChI=1S/C15H16ClN3O4/c16-10-3-1-2-4-11(10)23-9-12(20)19-7-5-15(6-8-19)13(21)17-14(22)18-15/h1-4H,5-9H2,(H2,17,18,21,22). The molecule has 122 valence electrons. The summed E-state index contributed by atoms with van der Waals surface area (Å²) >= 11 is 5.97. The normalized spacial score (nSPS) is 19.4. The Balaban J connectivity index is 1.54. The van der Waals surface area contributed by atoms with Crippen LogP contribution in [0.4, 0.5) is 4.79 Å². The second kappa shape index (κ2) is 6.08. The van der Waals surface area contributed by atoms with Gasteiger partial charge in [0.15, 0.2) is 6.61 Å². The van der Waals surface area contributed by atoms with Crippen molar-refractivity contribution in [3.63, 3.8) is 0 Å². The van der Waals surface area contributed by atoms with Gasteiger partial charge in [-0.15, -0.1) is 0 Å². The van der Waals surface area contributed by atoms with Crippen molar-refractivity contribution in [2.24, 2.45) is 0 Å². The van der Waals surface area contributed by atoms with Crippen LogP contribution in [0.5, 0.6) is 5.75 Å². The predicted molar refractivity (Wildman–Crippen MR) is 82.2 cm³/mol. The van der Waals surface area contributed by atoms with Crippen molar-refractivity contribution in [1.82, 2.24) is 15.5 Å². The molecule has 1 aromatic rings. The molecule has 0 aromatic heterocycles. The van der Waals surface area contributed by atoms with Gasteiger partial charge < -0.3 is 15.0 Å². The van der Waals surface area contributed by atoms with Crippen LogP contribution in [0.25, 0.3) is 0 Å². The van der Waals surface area contributed by atoms with Crippen molar-refractivity contribution in [2.45, 2.75) is 18.4 Å². The fourth-order valence-electron chi connectivity index (χ4n) is 2.81. The average Bonchev–Trinajstić information content (AvgIpc) is 2.80. The third-order valence-electron chi connectivity index (χ3n) is 4.17. The monoisotopic (exact) mass is 337 g/mol. The van der Waals surface area contributed by atoms with E-state index in [1.54, 1.807) is 29.2 Å². The van der Waals surface area contributed by atoms with Crippen LogP contribution in [-0.2, 0) is 9.59 Å². The molecule has 3 rings (SSSR count). The first-order chi connectivity index (χ1) is 11.0. The lowest BCUT2D eigenvalue weighted by Crippen LogP contribution is -2.56. The molecule has 2 fully saturated rings. The largest absolute Gasteiger partial charge is 0.482 e. The number of amides is 4. The SMILES string of the molecule is O=C1NC(=O)C2(CCN(C(=O)COc3ccccc3Cl)CC2)N1. The summed E-state index contributed by atoms with van der Waals surface area (Å²) in [5, 5.41) is 5.35. The first kappa shape index (κ1) is 15.6. The molecule has 7 nitrogen and oxygen atoms in total. The minimum Gasteiger partial charge on any atom is -0.482 e. The summed E-state index contributed by atoms with van der Waals surface area (Å²) in [6.45, 7) is 0.659. The van der Waals surface area contributed by atoms with E-state index in [9.17, 15) is 14.4 Å². The number of imide groups is 1. The van der Waals surface area contributed by atoms with Crippen LogP contribution in [0.3, 0.4) is 0 Å². The van der Waals surface area contributed by atoms with Crippen LogP contribution in [0.1, 0.15) is 12.8 Å². The van der Waals surface area contributed by atoms with Crippen LogP contribution in [0, 0.1) is 0 Å². The summed E-state index contributed by atoms with van der Waals surface area (Å²) in [6.07, 6.45) is 0.783. The lowest BCUT2D eigenvalue weighted by molar-refractivity contribution is -0.137. The molecular formula is C15H16ClN3O4. The van der Waals surface area contributed by atoms with Crippen LogP contribution < -0.4 is 15.4 Å². The fraction of sp³-hybridized carbons (Fsp3) is 0.400. The van der Waals surface area contributed by atoms with E-state index < -0.39 is 11.6 Å². The highest BCUT2D eigenvalue weighted by Crippen LogP contribution is 2.26. The van der Waals surface area contributed by atoms with Gasteiger partial charge in [-0.05, 0) is 25.0 Å². The molecule has 0 radical (unpaired) electrons. The molecule has 1 aromatic carbocycles. The van der Waals surface area contributed by atoms with Gasteiger partial charge >= 0.3 is 6.03 Å². The van der Waals surface area contributed by atoms with Crippen LogP contribution in [0.2, 0.25) is 5.02 Å².